The molecule has 4 aromatic rings. The van der Waals surface area contributed by atoms with E-state index in [0.717, 1.165) is 16.7 Å². The van der Waals surface area contributed by atoms with Gasteiger partial charge >= 0.3 is 5.97 Å². The van der Waals surface area contributed by atoms with Gasteiger partial charge in [0, 0.05) is 75.1 Å². The Balaban J connectivity index is 1.08. The minimum Gasteiger partial charge on any atom is -0.454 e. The number of para-hydroxylation sites is 1. The summed E-state index contributed by atoms with van der Waals surface area (Å²) in [6.07, 6.45) is 1.89. The highest BCUT2D eigenvalue weighted by atomic mass is 16.6. The number of fused-ring (bicyclic) bond motifs is 2. The standard InChI is InChI=1S/C49H56N2O7/c1-5-51-30-45(26-25-41(56-3)47-39(45)28-36(42(47)51)46(53)29-38(55-2)35-27-40(47)49(46,54)43(35)57-4)58-44(52)34-23-15-16-24-37(34)50-48(31-17-9-6-10-18-31,32-19-11-7-12-20-32)33-21-13-8-14-22-33/h6-24,35-36,38-43,50,53-54H,5,25-30H2,1-4H3/t35-,36+,38+,39-,40+,41+,42?,43+,45-,46+,47+,49+/m1/s1. The molecule has 5 saturated carbocycles. The summed E-state index contributed by atoms with van der Waals surface area (Å²) in [4.78, 5) is 17.7. The van der Waals surface area contributed by atoms with E-state index in [0.29, 0.717) is 56.4 Å². The number of piperidine rings is 1. The van der Waals surface area contributed by atoms with E-state index < -0.39 is 33.9 Å². The number of likely N-dealkylation sites (tertiary alicyclic amines) is 1. The quantitative estimate of drug-likeness (QED) is 0.114. The number of carbonyl (C=O) groups excluding carboxylic acids is 1. The zero-order valence-electron chi connectivity index (χ0n) is 33.9. The molecule has 0 aromatic heterocycles. The largest absolute Gasteiger partial charge is 0.454 e. The molecule has 12 atom stereocenters. The maximum absolute atomic E-state index is 15.2. The molecule has 0 amide bonds. The summed E-state index contributed by atoms with van der Waals surface area (Å²) in [5, 5.41) is 30.3. The van der Waals surface area contributed by atoms with Crippen LogP contribution in [0, 0.1) is 29.1 Å². The van der Waals surface area contributed by atoms with Crippen molar-refractivity contribution in [2.75, 3.05) is 39.7 Å². The summed E-state index contributed by atoms with van der Waals surface area (Å²) in [5.74, 6) is -1.24. The number of benzene rings is 4. The summed E-state index contributed by atoms with van der Waals surface area (Å²) in [5.41, 5.74) is -1.03. The zero-order valence-corrected chi connectivity index (χ0v) is 33.9. The Hall–Kier alpha value is -4.09. The van der Waals surface area contributed by atoms with Crippen molar-refractivity contribution in [3.63, 3.8) is 0 Å². The Morgan fingerprint density at radius 3 is 1.97 bits per heavy atom. The number of hydrogen-bond acceptors (Lipinski definition) is 9. The third-order valence-electron chi connectivity index (χ3n) is 16.3. The van der Waals surface area contributed by atoms with Crippen molar-refractivity contribution in [1.82, 2.24) is 4.90 Å². The average molecular weight is 785 g/mol. The number of rotatable bonds is 11. The second-order valence-corrected chi connectivity index (χ2v) is 18.0. The highest BCUT2D eigenvalue weighted by Gasteiger charge is 2.89. The van der Waals surface area contributed by atoms with Crippen LogP contribution in [0.5, 0.6) is 0 Å². The molecule has 1 unspecified atom stereocenters. The molecule has 1 heterocycles. The summed E-state index contributed by atoms with van der Waals surface area (Å²) in [6, 6.07) is 38.8. The van der Waals surface area contributed by atoms with Crippen molar-refractivity contribution in [3.8, 4) is 0 Å². The zero-order chi connectivity index (χ0) is 40.1. The predicted octanol–water partition coefficient (Wildman–Crippen LogP) is 6.67. The molecule has 6 aliphatic rings. The molecule has 1 saturated heterocycles. The van der Waals surface area contributed by atoms with Crippen LogP contribution in [0.15, 0.2) is 115 Å². The van der Waals surface area contributed by atoms with Crippen LogP contribution in [-0.4, -0.2) is 96.7 Å². The number of nitrogens with one attached hydrogen (secondary N) is 1. The Morgan fingerprint density at radius 2 is 1.40 bits per heavy atom. The van der Waals surface area contributed by atoms with Crippen LogP contribution in [0.3, 0.4) is 0 Å². The van der Waals surface area contributed by atoms with Crippen LogP contribution >= 0.6 is 0 Å². The Labute approximate surface area is 341 Å². The maximum atomic E-state index is 15.2. The smallest absolute Gasteiger partial charge is 0.340 e. The van der Waals surface area contributed by atoms with E-state index in [1.807, 2.05) is 42.5 Å². The van der Waals surface area contributed by atoms with Gasteiger partial charge < -0.3 is 34.5 Å². The van der Waals surface area contributed by atoms with Gasteiger partial charge in [0.05, 0.1) is 23.9 Å². The Morgan fingerprint density at radius 1 is 0.793 bits per heavy atom. The summed E-state index contributed by atoms with van der Waals surface area (Å²) >= 11 is 0. The van der Waals surface area contributed by atoms with E-state index in [9.17, 15) is 10.2 Å². The molecule has 3 N–H and O–H groups in total. The van der Waals surface area contributed by atoms with E-state index in [-0.39, 0.29) is 47.9 Å². The van der Waals surface area contributed by atoms with Gasteiger partial charge in [-0.1, -0.05) is 110 Å². The highest BCUT2D eigenvalue weighted by molar-refractivity contribution is 5.96. The monoisotopic (exact) mass is 784 g/mol. The summed E-state index contributed by atoms with van der Waals surface area (Å²) < 4.78 is 25.9. The number of likely N-dealkylation sites (N-methyl/N-ethyl adjacent to an activating group) is 1. The van der Waals surface area contributed by atoms with E-state index >= 15 is 4.79 Å². The first-order valence-corrected chi connectivity index (χ1v) is 21.2. The van der Waals surface area contributed by atoms with Gasteiger partial charge in [0.25, 0.3) is 0 Å². The first-order chi connectivity index (χ1) is 28.2. The number of hydrogen-bond donors (Lipinski definition) is 3. The molecular weight excluding hydrogens is 729 g/mol. The normalized spacial score (nSPS) is 38.3. The van der Waals surface area contributed by atoms with Crippen LogP contribution in [0.25, 0.3) is 0 Å². The lowest BCUT2D eigenvalue weighted by Gasteiger charge is -2.70. The van der Waals surface area contributed by atoms with Gasteiger partial charge in [-0.15, -0.1) is 0 Å². The SMILES string of the molecule is CCN1C[C@]2(OC(=O)c3ccccc3NC(c3ccccc3)(c3ccccc3)c3ccccc3)CC[C@H](OC)[C@]34C1[C@H](C[C@H]23)[C@@]1(O)C[C@H](OC)[C@H]2C[C@@H]4[C@]1(O)[C@H]2OC. The molecule has 0 radical (unpaired) electrons. The first-order valence-electron chi connectivity index (χ1n) is 21.2. The topological polar surface area (TPSA) is 110 Å². The lowest BCUT2D eigenvalue weighted by molar-refractivity contribution is -0.337. The Kier molecular flexibility index (Phi) is 9.03. The van der Waals surface area contributed by atoms with Crippen molar-refractivity contribution in [2.24, 2.45) is 29.1 Å². The number of anilines is 1. The second kappa shape index (κ2) is 13.7. The van der Waals surface area contributed by atoms with Crippen molar-refractivity contribution in [2.45, 2.75) is 85.7 Å². The van der Waals surface area contributed by atoms with Crippen molar-refractivity contribution in [1.29, 1.82) is 0 Å². The minimum absolute atomic E-state index is 0.0566. The molecule has 7 bridgehead atoms. The number of nitrogens with zero attached hydrogens (tertiary/aromatic N) is 1. The van der Waals surface area contributed by atoms with Crippen LogP contribution < -0.4 is 5.32 Å². The molecule has 10 rings (SSSR count). The van der Waals surface area contributed by atoms with E-state index in [1.54, 1.807) is 21.3 Å². The van der Waals surface area contributed by atoms with Gasteiger partial charge in [-0.2, -0.15) is 0 Å². The molecule has 9 heteroatoms. The molecule has 4 aromatic carbocycles. The third-order valence-corrected chi connectivity index (χ3v) is 16.3. The number of ether oxygens (including phenoxy) is 4. The van der Waals surface area contributed by atoms with Gasteiger partial charge in [0.2, 0.25) is 0 Å². The fraction of sp³-hybridized carbons (Fsp3) is 0.490. The number of aliphatic hydroxyl groups is 2. The van der Waals surface area contributed by atoms with E-state index in [4.69, 9.17) is 18.9 Å². The fourth-order valence-corrected chi connectivity index (χ4v) is 14.4. The molecule has 5 aliphatic carbocycles. The lowest BCUT2D eigenvalue weighted by Crippen LogP contribution is -2.83. The van der Waals surface area contributed by atoms with Crippen molar-refractivity contribution >= 4 is 11.7 Å². The van der Waals surface area contributed by atoms with Crippen LogP contribution in [0.4, 0.5) is 5.69 Å². The number of methoxy groups -OCH3 is 3. The number of carbonyl (C=O) groups is 1. The molecule has 6 fully saturated rings. The number of esters is 1. The molecule has 1 aliphatic heterocycles. The van der Waals surface area contributed by atoms with Crippen LogP contribution in [0.2, 0.25) is 0 Å². The van der Waals surface area contributed by atoms with E-state index in [1.165, 1.54) is 0 Å². The minimum atomic E-state index is -1.50. The van der Waals surface area contributed by atoms with Gasteiger partial charge in [0.15, 0.2) is 0 Å². The van der Waals surface area contributed by atoms with Gasteiger partial charge in [-0.05, 0) is 61.1 Å². The lowest BCUT2D eigenvalue weighted by atomic mass is 9.44. The third kappa shape index (κ3) is 4.77. The molecule has 58 heavy (non-hydrogen) atoms. The predicted molar refractivity (Wildman–Crippen MR) is 220 cm³/mol. The summed E-state index contributed by atoms with van der Waals surface area (Å²) in [7, 11) is 5.15. The van der Waals surface area contributed by atoms with Gasteiger partial charge in [-0.25, -0.2) is 4.79 Å². The maximum Gasteiger partial charge on any atom is 0.340 e. The molecule has 9 nitrogen and oxygen atoms in total. The van der Waals surface area contributed by atoms with Crippen molar-refractivity contribution < 1.29 is 34.0 Å². The second-order valence-electron chi connectivity index (χ2n) is 18.0. The fourth-order valence-electron chi connectivity index (χ4n) is 14.4. The Bertz CT molecular complexity index is 2060. The van der Waals surface area contributed by atoms with E-state index in [2.05, 4.69) is 89.9 Å². The molecule has 1 spiro atoms. The first kappa shape index (κ1) is 38.1. The van der Waals surface area contributed by atoms with Crippen LogP contribution in [0.1, 0.15) is 66.1 Å². The highest BCUT2D eigenvalue weighted by Crippen LogP contribution is 2.79. The van der Waals surface area contributed by atoms with Gasteiger partial charge in [-0.3, -0.25) is 4.90 Å². The summed E-state index contributed by atoms with van der Waals surface area (Å²) in [6.45, 7) is 3.43. The average Bonchev–Trinajstić information content (AvgIpc) is 3.69. The molecular formula is C49H56N2O7. The van der Waals surface area contributed by atoms with Gasteiger partial charge in [0.1, 0.15) is 22.3 Å². The van der Waals surface area contributed by atoms with Crippen LogP contribution in [-0.2, 0) is 24.5 Å². The molecule has 304 valence electrons. The van der Waals surface area contributed by atoms with Crippen molar-refractivity contribution in [3.05, 3.63) is 138 Å².